The normalized spacial score (nSPS) is 22.6. The van der Waals surface area contributed by atoms with Gasteiger partial charge in [0.05, 0.1) is 0 Å². The number of hydrogen-bond acceptors (Lipinski definition) is 0. The van der Waals surface area contributed by atoms with Gasteiger partial charge in [-0.25, -0.2) is 0 Å². The van der Waals surface area contributed by atoms with Gasteiger partial charge < -0.3 is 0 Å². The molecule has 0 saturated heterocycles. The molecule has 2 unspecified atom stereocenters. The summed E-state index contributed by atoms with van der Waals surface area (Å²) in [6.07, 6.45) is 21.9. The molecule has 0 radical (unpaired) electrons. The van der Waals surface area contributed by atoms with Crippen molar-refractivity contribution in [2.75, 3.05) is 0 Å². The van der Waals surface area contributed by atoms with E-state index in [4.69, 9.17) is 11.6 Å². The molecule has 1 spiro atoms. The molecular formula is C64H125Cl. The van der Waals surface area contributed by atoms with Crippen molar-refractivity contribution < 1.29 is 0 Å². The van der Waals surface area contributed by atoms with Crippen molar-refractivity contribution in [1.29, 1.82) is 0 Å². The number of halogens is 1. The van der Waals surface area contributed by atoms with Crippen molar-refractivity contribution in [2.24, 2.45) is 98.6 Å². The van der Waals surface area contributed by atoms with Gasteiger partial charge >= 0.3 is 0 Å². The Labute approximate surface area is 419 Å². The summed E-state index contributed by atoms with van der Waals surface area (Å²) in [5.41, 5.74) is 4.39. The van der Waals surface area contributed by atoms with Crippen LogP contribution >= 0.6 is 11.6 Å². The third-order valence-electron chi connectivity index (χ3n) is 18.4. The second-order valence-electron chi connectivity index (χ2n) is 26.4. The summed E-state index contributed by atoms with van der Waals surface area (Å²) in [6.45, 7) is 59.1. The first-order valence-electron chi connectivity index (χ1n) is 28.7. The monoisotopic (exact) mass is 929 g/mol. The maximum atomic E-state index is 5.83. The second-order valence-corrected chi connectivity index (χ2v) is 26.8. The van der Waals surface area contributed by atoms with E-state index in [1.807, 2.05) is 32.0 Å². The molecule has 1 heteroatoms. The van der Waals surface area contributed by atoms with E-state index in [1.165, 1.54) is 56.9 Å². The summed E-state index contributed by atoms with van der Waals surface area (Å²) < 4.78 is 0. The maximum Gasteiger partial charge on any atom is 0.0408 e. The SMILES string of the molecule is CC.CC(C)C(C)C.CC(C)C1(C)CCC1.CC(C)C12CC(C1)C2.CC(C)C1CC12CC2.CC(C)C1CCC1.CC(C)Cc1cccc(Cl)c1.CCC(C)(C)C(C)C.CCC(C)C(C)C. The van der Waals surface area contributed by atoms with Crippen molar-refractivity contribution >= 4 is 11.6 Å². The topological polar surface area (TPSA) is 0 Å². The molecule has 7 saturated carbocycles. The lowest BCUT2D eigenvalue weighted by atomic mass is 9.41. The van der Waals surface area contributed by atoms with E-state index in [0.717, 1.165) is 98.7 Å². The summed E-state index contributed by atoms with van der Waals surface area (Å²) in [5, 5.41) is 0.836. The molecule has 0 aromatic heterocycles. The third kappa shape index (κ3) is 26.3. The average Bonchev–Trinajstić information content (AvgIpc) is 4.07. The van der Waals surface area contributed by atoms with Crippen LogP contribution in [-0.4, -0.2) is 0 Å². The maximum absolute atomic E-state index is 5.83. The molecular weight excluding hydrogens is 804 g/mol. The van der Waals surface area contributed by atoms with Crippen molar-refractivity contribution in [2.45, 2.75) is 276 Å². The van der Waals surface area contributed by atoms with E-state index in [0.29, 0.717) is 11.3 Å². The van der Waals surface area contributed by atoms with Gasteiger partial charge in [0.2, 0.25) is 0 Å². The first kappa shape index (κ1) is 66.6. The Kier molecular flexibility index (Phi) is 33.2. The molecule has 7 fully saturated rings. The highest BCUT2D eigenvalue weighted by Gasteiger charge is 2.63. The zero-order valence-corrected chi connectivity index (χ0v) is 50.6. The predicted octanol–water partition coefficient (Wildman–Crippen LogP) is 22.8. The van der Waals surface area contributed by atoms with Crippen LogP contribution in [0.1, 0.15) is 275 Å². The van der Waals surface area contributed by atoms with Gasteiger partial charge in [0.1, 0.15) is 0 Å². The minimum atomic E-state index is 0.542. The zero-order valence-electron chi connectivity index (χ0n) is 49.8. The van der Waals surface area contributed by atoms with Crippen LogP contribution in [0.4, 0.5) is 0 Å². The summed E-state index contributed by atoms with van der Waals surface area (Å²) in [5.74, 6) is 12.1. The van der Waals surface area contributed by atoms with E-state index < -0.39 is 0 Å². The highest BCUT2D eigenvalue weighted by Crippen LogP contribution is 2.72. The van der Waals surface area contributed by atoms with Crippen molar-refractivity contribution in [1.82, 2.24) is 0 Å². The third-order valence-corrected chi connectivity index (χ3v) is 18.6. The first-order valence-corrected chi connectivity index (χ1v) is 29.1. The van der Waals surface area contributed by atoms with Gasteiger partial charge in [-0.3, -0.25) is 0 Å². The predicted molar refractivity (Wildman–Crippen MR) is 302 cm³/mol. The smallest absolute Gasteiger partial charge is 0.0408 e. The van der Waals surface area contributed by atoms with Gasteiger partial charge in [-0.15, -0.1) is 0 Å². The molecule has 7 aliphatic carbocycles. The molecule has 2 atom stereocenters. The largest absolute Gasteiger partial charge is 0.0843 e. The van der Waals surface area contributed by atoms with Gasteiger partial charge in [0, 0.05) is 5.02 Å². The molecule has 0 N–H and O–H groups in total. The van der Waals surface area contributed by atoms with Gasteiger partial charge in [0.25, 0.3) is 0 Å². The van der Waals surface area contributed by atoms with Crippen LogP contribution in [0.3, 0.4) is 0 Å². The van der Waals surface area contributed by atoms with Gasteiger partial charge in [-0.05, 0) is 174 Å². The van der Waals surface area contributed by atoms with E-state index in [1.54, 1.807) is 38.5 Å². The van der Waals surface area contributed by atoms with E-state index in [9.17, 15) is 0 Å². The van der Waals surface area contributed by atoms with Crippen molar-refractivity contribution in [3.8, 4) is 0 Å². The summed E-state index contributed by atoms with van der Waals surface area (Å²) in [6, 6.07) is 8.05. The molecule has 65 heavy (non-hydrogen) atoms. The molecule has 1 aromatic rings. The number of benzene rings is 1. The van der Waals surface area contributed by atoms with Gasteiger partial charge in [-0.1, -0.05) is 242 Å². The van der Waals surface area contributed by atoms with Crippen molar-refractivity contribution in [3.05, 3.63) is 34.9 Å². The Bertz CT molecular complexity index is 1210. The molecule has 2 bridgehead atoms. The van der Waals surface area contributed by atoms with Crippen LogP contribution in [0, 0.1) is 98.6 Å². The molecule has 7 aliphatic rings. The quantitative estimate of drug-likeness (QED) is 0.207. The Morgan fingerprint density at radius 1 is 0.631 bits per heavy atom. The Morgan fingerprint density at radius 2 is 1.12 bits per heavy atom. The second kappa shape index (κ2) is 32.4. The fraction of sp³-hybridized carbons (Fsp3) is 0.906. The number of hydrogen-bond donors (Lipinski definition) is 0. The Balaban J connectivity index is 0. The minimum Gasteiger partial charge on any atom is -0.0843 e. The summed E-state index contributed by atoms with van der Waals surface area (Å²) in [7, 11) is 0. The average molecular weight is 930 g/mol. The molecule has 8 rings (SSSR count). The standard InChI is InChI=1S/C10H13Cl.2C8H14.C8H16.C8H18.C7H14.C7H16.C6H14.C2H6/c1-8(2)6-9-4-3-5-10(11)7-9;1-6(2)8-3-7(4-8)5-8;1-6(2)7-5-8(7)3-4-8;1-7(2)8(3)5-4-6-8;1-6-8(4,5)7(2)3;1-6(2)7-4-3-5-7;1-5-7(4)6(2)3;1-5(2)6(3)4;1-2/h3-5,7-8H,6H2,1-2H3;2*6-7H,3-5H2,1-2H3;7H,4-6H2,1-3H3;7H,6H2,1-5H3;6-7H,3-5H2,1-2H3;6-7H,5H2,1-4H3;5-6H,1-4H3;1-2H3. The lowest BCUT2D eigenvalue weighted by Gasteiger charge is -2.64. The molecule has 0 heterocycles. The molecule has 0 amide bonds. The van der Waals surface area contributed by atoms with Gasteiger partial charge in [0.15, 0.2) is 0 Å². The summed E-state index contributed by atoms with van der Waals surface area (Å²) >= 11 is 5.83. The van der Waals surface area contributed by atoms with Crippen LogP contribution < -0.4 is 0 Å². The number of rotatable bonds is 11. The Morgan fingerprint density at radius 3 is 1.23 bits per heavy atom. The lowest BCUT2D eigenvalue weighted by molar-refractivity contribution is -0.141. The fourth-order valence-electron chi connectivity index (χ4n) is 8.74. The van der Waals surface area contributed by atoms with Crippen LogP contribution in [0.2, 0.25) is 5.02 Å². The van der Waals surface area contributed by atoms with E-state index in [-0.39, 0.29) is 0 Å². The lowest BCUT2D eigenvalue weighted by Crippen LogP contribution is -2.54. The van der Waals surface area contributed by atoms with Gasteiger partial charge in [-0.2, -0.15) is 0 Å². The van der Waals surface area contributed by atoms with Crippen LogP contribution in [0.25, 0.3) is 0 Å². The Hall–Kier alpha value is -0.490. The zero-order chi connectivity index (χ0) is 51.1. The molecule has 0 nitrogen and oxygen atoms in total. The summed E-state index contributed by atoms with van der Waals surface area (Å²) in [4.78, 5) is 0. The first-order chi connectivity index (χ1) is 29.9. The molecule has 388 valence electrons. The van der Waals surface area contributed by atoms with Crippen LogP contribution in [0.15, 0.2) is 24.3 Å². The van der Waals surface area contributed by atoms with Crippen molar-refractivity contribution in [3.63, 3.8) is 0 Å². The molecule has 0 aliphatic heterocycles. The van der Waals surface area contributed by atoms with E-state index in [2.05, 4.69) is 172 Å². The fourth-order valence-corrected chi connectivity index (χ4v) is 8.96. The highest BCUT2D eigenvalue weighted by atomic mass is 35.5. The van der Waals surface area contributed by atoms with Crippen LogP contribution in [-0.2, 0) is 6.42 Å². The highest BCUT2D eigenvalue weighted by molar-refractivity contribution is 6.30. The van der Waals surface area contributed by atoms with E-state index >= 15 is 0 Å². The minimum absolute atomic E-state index is 0.542. The van der Waals surface area contributed by atoms with Crippen LogP contribution in [0.5, 0.6) is 0 Å². The molecule has 1 aromatic carbocycles.